The Kier molecular flexibility index (Phi) is 4.36. The number of hydrogen-bond donors (Lipinski definition) is 1. The van der Waals surface area contributed by atoms with Gasteiger partial charge in [-0.1, -0.05) is 39.3 Å². The van der Waals surface area contributed by atoms with Crippen LogP contribution < -0.4 is 4.90 Å². The van der Waals surface area contributed by atoms with Crippen molar-refractivity contribution < 1.29 is 18.3 Å². The Morgan fingerprint density at radius 2 is 2.03 bits per heavy atom. The van der Waals surface area contributed by atoms with Gasteiger partial charge in [-0.15, -0.1) is 11.3 Å². The minimum atomic E-state index is -4.57. The van der Waals surface area contributed by atoms with E-state index in [2.05, 4.69) is 4.98 Å². The molecule has 2 unspecified atom stereocenters. The second-order valence-electron chi connectivity index (χ2n) is 8.86. The van der Waals surface area contributed by atoms with Gasteiger partial charge in [0.2, 0.25) is 0 Å². The summed E-state index contributed by atoms with van der Waals surface area (Å²) in [6.45, 7) is 0.614. The molecule has 2 aromatic heterocycles. The van der Waals surface area contributed by atoms with Gasteiger partial charge in [0.25, 0.3) is 0 Å². The van der Waals surface area contributed by atoms with Crippen LogP contribution in [-0.2, 0) is 27.3 Å². The smallest absolute Gasteiger partial charge is 0.414 e. The van der Waals surface area contributed by atoms with Crippen molar-refractivity contribution in [3.63, 3.8) is 0 Å². The van der Waals surface area contributed by atoms with Crippen LogP contribution in [0.5, 0.6) is 0 Å². The number of imidazole rings is 1. The van der Waals surface area contributed by atoms with Gasteiger partial charge in [0.1, 0.15) is 6.61 Å². The summed E-state index contributed by atoms with van der Waals surface area (Å²) in [6, 6.07) is 5.68. The lowest BCUT2D eigenvalue weighted by molar-refractivity contribution is 0.137. The van der Waals surface area contributed by atoms with Crippen LogP contribution in [0, 0.1) is 0 Å². The molecule has 32 heavy (non-hydrogen) atoms. The van der Waals surface area contributed by atoms with Crippen molar-refractivity contribution in [3.8, 4) is 0 Å². The Hall–Kier alpha value is -1.98. The molecule has 3 aliphatic rings. The van der Waals surface area contributed by atoms with Crippen LogP contribution >= 0.6 is 22.9 Å². The molecule has 170 valence electrons. The first-order valence-corrected chi connectivity index (χ1v) is 14.1. The normalized spacial score (nSPS) is 24.9. The molecule has 0 saturated carbocycles. The fourth-order valence-electron chi connectivity index (χ4n) is 5.55. The monoisotopic (exact) mass is 494 g/mol. The van der Waals surface area contributed by atoms with E-state index in [1.807, 2.05) is 23.6 Å². The van der Waals surface area contributed by atoms with Crippen LogP contribution in [0.25, 0.3) is 4.96 Å². The highest BCUT2D eigenvalue weighted by Gasteiger charge is 2.46. The van der Waals surface area contributed by atoms with Crippen molar-refractivity contribution in [1.29, 1.82) is 0 Å². The van der Waals surface area contributed by atoms with Crippen molar-refractivity contribution in [1.82, 2.24) is 13.7 Å². The Labute approximate surface area is 194 Å². The van der Waals surface area contributed by atoms with Crippen molar-refractivity contribution in [2.24, 2.45) is 0 Å². The van der Waals surface area contributed by atoms with Crippen LogP contribution in [-0.4, -0.2) is 53.4 Å². The largest absolute Gasteiger partial charge is 0.444 e. The van der Waals surface area contributed by atoms with E-state index in [-0.39, 0.29) is 35.0 Å². The Balaban J connectivity index is 1.51. The minimum absolute atomic E-state index is 0.0547. The first-order chi connectivity index (χ1) is 15.2. The molecule has 3 aromatic rings. The number of hydrogen-bond acceptors (Lipinski definition) is 5. The van der Waals surface area contributed by atoms with E-state index in [4.69, 9.17) is 16.3 Å². The molecular formula is C21H23ClN4O4S2. The standard InChI is InChI=1S/C21H23ClN4O4S2/c1-32(28,29,19-18(22)23-20-24(19)9-10-31-20)25-8-7-15-5-6-16(25)11-13-3-2-4-14-12-30-21(27)26(15)17(13)14/h2-4,9-10,15-16H,5-8,11-12H2,1H3,(H,28,29). The first-order valence-electron chi connectivity index (χ1n) is 10.6. The Morgan fingerprint density at radius 3 is 2.88 bits per heavy atom. The average molecular weight is 495 g/mol. The van der Waals surface area contributed by atoms with Gasteiger partial charge in [0.05, 0.1) is 5.69 Å². The van der Waals surface area contributed by atoms with Crippen LogP contribution in [0.1, 0.15) is 30.4 Å². The number of ether oxygens (including phenoxy) is 1. The predicted octanol–water partition coefficient (Wildman–Crippen LogP) is 4.18. The number of halogens is 1. The number of rotatable bonds is 2. The van der Waals surface area contributed by atoms with E-state index in [1.54, 1.807) is 19.8 Å². The molecule has 11 heteroatoms. The fourth-order valence-corrected chi connectivity index (χ4v) is 9.75. The summed E-state index contributed by atoms with van der Waals surface area (Å²) in [5.41, 5.74) is 2.91. The van der Waals surface area contributed by atoms with E-state index in [1.165, 1.54) is 17.6 Å². The molecule has 5 heterocycles. The summed E-state index contributed by atoms with van der Waals surface area (Å²) in [5.74, 6) is 0. The molecule has 1 saturated heterocycles. The van der Waals surface area contributed by atoms with Crippen molar-refractivity contribution in [2.75, 3.05) is 17.7 Å². The molecule has 0 spiro atoms. The summed E-state index contributed by atoms with van der Waals surface area (Å²) in [4.78, 5) is 19.5. The first kappa shape index (κ1) is 20.6. The number of carbonyl (C=O) groups excluding carboxylic acids is 1. The summed E-state index contributed by atoms with van der Waals surface area (Å²) in [5, 5.41) is 2.02. The molecule has 1 N–H and O–H groups in total. The van der Waals surface area contributed by atoms with Gasteiger partial charge < -0.3 is 4.74 Å². The summed E-state index contributed by atoms with van der Waals surface area (Å²) < 4.78 is 35.3. The van der Waals surface area contributed by atoms with Crippen LogP contribution in [0.3, 0.4) is 0 Å². The number of aromatic nitrogens is 2. The van der Waals surface area contributed by atoms with Crippen LogP contribution in [0.2, 0.25) is 5.15 Å². The third kappa shape index (κ3) is 2.83. The molecule has 0 radical (unpaired) electrons. The number of carbonyl (C=O) groups is 1. The van der Waals surface area contributed by atoms with Crippen molar-refractivity contribution >= 4 is 49.2 Å². The third-order valence-electron chi connectivity index (χ3n) is 6.91. The highest BCUT2D eigenvalue weighted by molar-refractivity contribution is 8.12. The quantitative estimate of drug-likeness (QED) is 0.577. The van der Waals surface area contributed by atoms with Gasteiger partial charge in [-0.25, -0.2) is 14.1 Å². The lowest BCUT2D eigenvalue weighted by Crippen LogP contribution is -2.55. The molecule has 1 amide bonds. The van der Waals surface area contributed by atoms with Crippen LogP contribution in [0.4, 0.5) is 10.5 Å². The lowest BCUT2D eigenvalue weighted by Gasteiger charge is -2.51. The second-order valence-corrected chi connectivity index (χ2v) is 13.4. The number of fused-ring (bicyclic) bond motifs is 5. The average Bonchev–Trinajstić information content (AvgIpc) is 3.22. The molecule has 2 atom stereocenters. The molecule has 1 fully saturated rings. The Bertz CT molecular complexity index is 1330. The van der Waals surface area contributed by atoms with E-state index >= 15 is 0 Å². The topological polar surface area (TPSA) is 87.4 Å². The second kappa shape index (κ2) is 6.77. The molecule has 0 aliphatic carbocycles. The maximum atomic E-state index is 14.5. The van der Waals surface area contributed by atoms with E-state index in [9.17, 15) is 13.6 Å². The van der Waals surface area contributed by atoms with Crippen molar-refractivity contribution in [2.45, 2.75) is 49.4 Å². The SMILES string of the molecule is CS(=O)(O)(c1c(Cl)nc2sccn12)N1CCC2CCC1Cc1cccc3c1N2C(=O)OC3. The third-order valence-corrected chi connectivity index (χ3v) is 10.9. The highest BCUT2D eigenvalue weighted by Crippen LogP contribution is 2.46. The predicted molar refractivity (Wildman–Crippen MR) is 124 cm³/mol. The molecular weight excluding hydrogens is 472 g/mol. The summed E-state index contributed by atoms with van der Waals surface area (Å²) >= 11 is 7.80. The highest BCUT2D eigenvalue weighted by atomic mass is 35.5. The zero-order chi connectivity index (χ0) is 22.3. The van der Waals surface area contributed by atoms with Gasteiger partial charge in [0.15, 0.2) is 15.1 Å². The number of para-hydroxylation sites is 1. The van der Waals surface area contributed by atoms with Crippen LogP contribution in [0.15, 0.2) is 34.8 Å². The molecule has 1 aromatic carbocycles. The molecule has 6 rings (SSSR count). The number of anilines is 1. The van der Waals surface area contributed by atoms with Crippen molar-refractivity contribution in [3.05, 3.63) is 46.1 Å². The number of thiazole rings is 1. The van der Waals surface area contributed by atoms with Gasteiger partial charge >= 0.3 is 6.09 Å². The molecule has 3 aliphatic heterocycles. The van der Waals surface area contributed by atoms with Gasteiger partial charge in [-0.2, -0.15) is 4.21 Å². The van der Waals surface area contributed by atoms with Gasteiger partial charge in [0, 0.05) is 42.0 Å². The van der Waals surface area contributed by atoms with Gasteiger partial charge in [-0.3, -0.25) is 13.9 Å². The number of nitrogens with zero attached hydrogens (tertiary/aromatic N) is 4. The fraction of sp³-hybridized carbons (Fsp3) is 0.429. The van der Waals surface area contributed by atoms with Gasteiger partial charge in [-0.05, 0) is 31.2 Å². The maximum absolute atomic E-state index is 14.5. The maximum Gasteiger partial charge on any atom is 0.414 e. The van der Waals surface area contributed by atoms with E-state index in [0.717, 1.165) is 23.2 Å². The van der Waals surface area contributed by atoms with E-state index < -0.39 is 9.53 Å². The Morgan fingerprint density at radius 1 is 1.25 bits per heavy atom. The minimum Gasteiger partial charge on any atom is -0.444 e. The zero-order valence-corrected chi connectivity index (χ0v) is 19.8. The number of amides is 1. The number of cyclic esters (lactones) is 1. The van der Waals surface area contributed by atoms with E-state index in [0.29, 0.717) is 30.8 Å². The number of benzene rings is 1. The molecule has 8 nitrogen and oxygen atoms in total. The summed E-state index contributed by atoms with van der Waals surface area (Å²) in [6.07, 6.45) is 5.33. The zero-order valence-electron chi connectivity index (χ0n) is 17.4. The summed E-state index contributed by atoms with van der Waals surface area (Å²) in [7, 11) is -4.57. The molecule has 2 bridgehead atoms. The lowest BCUT2D eigenvalue weighted by atomic mass is 9.92.